The van der Waals surface area contributed by atoms with E-state index >= 15 is 0 Å². The highest BCUT2D eigenvalue weighted by Crippen LogP contribution is 2.28. The molecule has 0 unspecified atom stereocenters. The molecule has 0 radical (unpaired) electrons. The predicted octanol–water partition coefficient (Wildman–Crippen LogP) is 3.05. The van der Waals surface area contributed by atoms with Gasteiger partial charge in [0.1, 0.15) is 6.54 Å². The Morgan fingerprint density at radius 1 is 1.40 bits per heavy atom. The van der Waals surface area contributed by atoms with E-state index in [1.165, 1.54) is 12.1 Å². The van der Waals surface area contributed by atoms with Crippen molar-refractivity contribution < 1.29 is 23.1 Å². The Bertz CT molecular complexity index is 501. The Kier molecular flexibility index (Phi) is 4.86. The van der Waals surface area contributed by atoms with Gasteiger partial charge in [0.2, 0.25) is 0 Å². The topological polar surface area (TPSA) is 66.6 Å². The summed E-state index contributed by atoms with van der Waals surface area (Å²) in [5.41, 5.74) is 6.19. The SMILES string of the molecule is CCCN(CC(F)(F)F)c1cc(C)c(N)c(C(=O)O)c1. The predicted molar refractivity (Wildman–Crippen MR) is 71.1 cm³/mol. The van der Waals surface area contributed by atoms with Crippen molar-refractivity contribution in [2.45, 2.75) is 26.4 Å². The molecule has 0 spiro atoms. The van der Waals surface area contributed by atoms with Crippen molar-refractivity contribution in [3.05, 3.63) is 23.3 Å². The van der Waals surface area contributed by atoms with Crippen LogP contribution in [0, 0.1) is 6.92 Å². The fraction of sp³-hybridized carbons (Fsp3) is 0.462. The first kappa shape index (κ1) is 16.1. The molecule has 1 rings (SSSR count). The summed E-state index contributed by atoms with van der Waals surface area (Å²) in [5.74, 6) is -1.25. The summed E-state index contributed by atoms with van der Waals surface area (Å²) in [6.45, 7) is 2.39. The number of aromatic carboxylic acids is 1. The largest absolute Gasteiger partial charge is 0.478 e. The van der Waals surface area contributed by atoms with E-state index in [-0.39, 0.29) is 23.5 Å². The van der Waals surface area contributed by atoms with E-state index in [1.54, 1.807) is 13.8 Å². The number of halogens is 3. The number of carbonyl (C=O) groups is 1. The Morgan fingerprint density at radius 2 is 2.00 bits per heavy atom. The van der Waals surface area contributed by atoms with Crippen molar-refractivity contribution in [3.8, 4) is 0 Å². The van der Waals surface area contributed by atoms with Crippen LogP contribution in [0.25, 0.3) is 0 Å². The Hall–Kier alpha value is -1.92. The highest BCUT2D eigenvalue weighted by Gasteiger charge is 2.31. The van der Waals surface area contributed by atoms with Gasteiger partial charge in [-0.05, 0) is 31.0 Å². The van der Waals surface area contributed by atoms with Gasteiger partial charge < -0.3 is 15.7 Å². The molecule has 0 aliphatic rings. The van der Waals surface area contributed by atoms with E-state index in [1.807, 2.05) is 0 Å². The number of nitrogens with two attached hydrogens (primary N) is 1. The van der Waals surface area contributed by atoms with Gasteiger partial charge in [-0.2, -0.15) is 13.2 Å². The van der Waals surface area contributed by atoms with E-state index in [4.69, 9.17) is 10.8 Å². The second-order valence-corrected chi connectivity index (χ2v) is 4.57. The van der Waals surface area contributed by atoms with Crippen LogP contribution >= 0.6 is 0 Å². The van der Waals surface area contributed by atoms with Gasteiger partial charge in [0.15, 0.2) is 0 Å². The van der Waals surface area contributed by atoms with Crippen LogP contribution in [0.5, 0.6) is 0 Å². The first-order valence-electron chi connectivity index (χ1n) is 6.10. The third-order valence-electron chi connectivity index (χ3n) is 2.83. The zero-order chi connectivity index (χ0) is 15.5. The van der Waals surface area contributed by atoms with Crippen LogP contribution < -0.4 is 10.6 Å². The number of hydrogen-bond donors (Lipinski definition) is 2. The number of alkyl halides is 3. The molecule has 3 N–H and O–H groups in total. The van der Waals surface area contributed by atoms with Crippen LogP contribution in [0.15, 0.2) is 12.1 Å². The molecule has 0 saturated carbocycles. The maximum absolute atomic E-state index is 12.6. The number of rotatable bonds is 5. The van der Waals surface area contributed by atoms with Crippen molar-refractivity contribution in [3.63, 3.8) is 0 Å². The lowest BCUT2D eigenvalue weighted by atomic mass is 10.1. The van der Waals surface area contributed by atoms with Crippen LogP contribution in [0.1, 0.15) is 29.3 Å². The van der Waals surface area contributed by atoms with Crippen LogP contribution in [-0.2, 0) is 0 Å². The van der Waals surface area contributed by atoms with Crippen LogP contribution in [0.3, 0.4) is 0 Å². The normalized spacial score (nSPS) is 11.4. The monoisotopic (exact) mass is 290 g/mol. The third-order valence-corrected chi connectivity index (χ3v) is 2.83. The van der Waals surface area contributed by atoms with Crippen molar-refractivity contribution in [2.75, 3.05) is 23.7 Å². The zero-order valence-corrected chi connectivity index (χ0v) is 11.3. The van der Waals surface area contributed by atoms with Gasteiger partial charge in [-0.15, -0.1) is 0 Å². The summed E-state index contributed by atoms with van der Waals surface area (Å²) in [5, 5.41) is 9.04. The summed E-state index contributed by atoms with van der Waals surface area (Å²) in [4.78, 5) is 12.2. The highest BCUT2D eigenvalue weighted by atomic mass is 19.4. The number of carboxylic acid groups (broad SMARTS) is 1. The molecule has 0 bridgehead atoms. The van der Waals surface area contributed by atoms with Gasteiger partial charge >= 0.3 is 12.1 Å². The fourth-order valence-electron chi connectivity index (χ4n) is 1.92. The molecule has 7 heteroatoms. The van der Waals surface area contributed by atoms with Crippen molar-refractivity contribution in [1.29, 1.82) is 0 Å². The van der Waals surface area contributed by atoms with E-state index < -0.39 is 18.7 Å². The highest BCUT2D eigenvalue weighted by molar-refractivity contribution is 5.95. The van der Waals surface area contributed by atoms with Gasteiger partial charge in [0.05, 0.1) is 5.56 Å². The number of benzene rings is 1. The molecule has 0 aromatic heterocycles. The molecule has 20 heavy (non-hydrogen) atoms. The molecule has 112 valence electrons. The number of nitrogen functional groups attached to an aromatic ring is 1. The second-order valence-electron chi connectivity index (χ2n) is 4.57. The number of carboxylic acids is 1. The Morgan fingerprint density at radius 3 is 2.45 bits per heavy atom. The smallest absolute Gasteiger partial charge is 0.405 e. The molecule has 4 nitrogen and oxygen atoms in total. The number of aryl methyl sites for hydroxylation is 1. The minimum absolute atomic E-state index is 0.0738. The quantitative estimate of drug-likeness (QED) is 0.818. The van der Waals surface area contributed by atoms with Gasteiger partial charge in [0.25, 0.3) is 0 Å². The van der Waals surface area contributed by atoms with Crippen LogP contribution in [0.4, 0.5) is 24.5 Å². The Labute approximate surface area is 115 Å². The average molecular weight is 290 g/mol. The van der Waals surface area contributed by atoms with Crippen LogP contribution in [-0.4, -0.2) is 30.3 Å². The standard InChI is InChI=1S/C13H17F3N2O2/c1-3-4-18(7-13(14,15)16)9-5-8(2)11(17)10(6-9)12(19)20/h5-6H,3-4,7,17H2,1-2H3,(H,19,20). The van der Waals surface area contributed by atoms with E-state index in [2.05, 4.69) is 0 Å². The molecule has 0 atom stereocenters. The summed E-state index contributed by atoms with van der Waals surface area (Å²) in [7, 11) is 0. The molecule has 0 aliphatic carbocycles. The molecule has 1 aromatic carbocycles. The lowest BCUT2D eigenvalue weighted by molar-refractivity contribution is -0.119. The molecular formula is C13H17F3N2O2. The fourth-order valence-corrected chi connectivity index (χ4v) is 1.92. The third kappa shape index (κ3) is 4.04. The van der Waals surface area contributed by atoms with Crippen molar-refractivity contribution in [2.24, 2.45) is 0 Å². The van der Waals surface area contributed by atoms with Crippen molar-refractivity contribution in [1.82, 2.24) is 0 Å². The van der Waals surface area contributed by atoms with E-state index in [0.717, 1.165) is 4.90 Å². The first-order valence-corrected chi connectivity index (χ1v) is 6.10. The maximum atomic E-state index is 12.6. The summed E-state index contributed by atoms with van der Waals surface area (Å²) in [6, 6.07) is 2.66. The Balaban J connectivity index is 3.23. The first-order chi connectivity index (χ1) is 9.15. The lowest BCUT2D eigenvalue weighted by Gasteiger charge is -2.26. The van der Waals surface area contributed by atoms with Gasteiger partial charge in [0, 0.05) is 17.9 Å². The summed E-state index contributed by atoms with van der Waals surface area (Å²) >= 11 is 0. The second kappa shape index (κ2) is 6.02. The van der Waals surface area contributed by atoms with Crippen LogP contribution in [0.2, 0.25) is 0 Å². The minimum atomic E-state index is -4.35. The average Bonchev–Trinajstić information content (AvgIpc) is 2.29. The van der Waals surface area contributed by atoms with Gasteiger partial charge in [-0.3, -0.25) is 0 Å². The lowest BCUT2D eigenvalue weighted by Crippen LogP contribution is -2.35. The molecular weight excluding hydrogens is 273 g/mol. The molecule has 1 aromatic rings. The van der Waals surface area contributed by atoms with Gasteiger partial charge in [-0.25, -0.2) is 4.79 Å². The zero-order valence-electron chi connectivity index (χ0n) is 11.3. The van der Waals surface area contributed by atoms with Crippen molar-refractivity contribution >= 4 is 17.3 Å². The van der Waals surface area contributed by atoms with E-state index in [9.17, 15) is 18.0 Å². The molecule has 0 amide bonds. The number of hydrogen-bond acceptors (Lipinski definition) is 3. The minimum Gasteiger partial charge on any atom is -0.478 e. The number of anilines is 2. The van der Waals surface area contributed by atoms with Gasteiger partial charge in [-0.1, -0.05) is 6.92 Å². The number of nitrogens with zero attached hydrogens (tertiary/aromatic N) is 1. The molecule has 0 heterocycles. The van der Waals surface area contributed by atoms with E-state index in [0.29, 0.717) is 12.0 Å². The summed E-state index contributed by atoms with van der Waals surface area (Å²) < 4.78 is 37.7. The molecule has 0 aliphatic heterocycles. The summed E-state index contributed by atoms with van der Waals surface area (Å²) in [6.07, 6.45) is -3.84. The molecule has 0 fully saturated rings. The molecule has 0 saturated heterocycles. The maximum Gasteiger partial charge on any atom is 0.405 e.